The maximum absolute atomic E-state index is 13.3. The van der Waals surface area contributed by atoms with Crippen molar-refractivity contribution in [3.63, 3.8) is 0 Å². The van der Waals surface area contributed by atoms with Crippen molar-refractivity contribution in [1.29, 1.82) is 0 Å². The molecule has 2 heterocycles. The Kier molecular flexibility index (Phi) is 2.84. The Morgan fingerprint density at radius 1 is 1.25 bits per heavy atom. The van der Waals surface area contributed by atoms with Crippen LogP contribution in [0.15, 0.2) is 0 Å². The maximum Gasteiger partial charge on any atom is 0.410 e. The summed E-state index contributed by atoms with van der Waals surface area (Å²) in [5.41, 5.74) is -0.469. The van der Waals surface area contributed by atoms with E-state index in [0.717, 1.165) is 12.8 Å². The van der Waals surface area contributed by atoms with Crippen molar-refractivity contribution in [3.8, 4) is 0 Å². The van der Waals surface area contributed by atoms with Gasteiger partial charge in [0, 0.05) is 12.1 Å². The van der Waals surface area contributed by atoms with E-state index in [4.69, 9.17) is 4.74 Å². The fourth-order valence-corrected chi connectivity index (χ4v) is 2.72. The van der Waals surface area contributed by atoms with Crippen LogP contribution >= 0.6 is 0 Å². The molecule has 3 nitrogen and oxygen atoms in total. The molecule has 2 aliphatic rings. The van der Waals surface area contributed by atoms with Gasteiger partial charge in [0.15, 0.2) is 0 Å². The minimum absolute atomic E-state index is 0.0589. The van der Waals surface area contributed by atoms with Crippen LogP contribution in [0.4, 0.5) is 9.18 Å². The van der Waals surface area contributed by atoms with Crippen LogP contribution in [0.2, 0.25) is 0 Å². The highest BCUT2D eigenvalue weighted by Crippen LogP contribution is 2.37. The quantitative estimate of drug-likeness (QED) is 0.639. The lowest BCUT2D eigenvalue weighted by Gasteiger charge is -2.37. The number of hydrogen-bond donors (Lipinski definition) is 0. The Labute approximate surface area is 95.9 Å². The molecule has 0 aromatic carbocycles. The first-order valence-electron chi connectivity index (χ1n) is 6.02. The maximum atomic E-state index is 13.3. The van der Waals surface area contributed by atoms with E-state index in [1.807, 2.05) is 20.8 Å². The van der Waals surface area contributed by atoms with E-state index in [9.17, 15) is 9.18 Å². The number of carbonyl (C=O) groups excluding carboxylic acids is 1. The number of rotatable bonds is 0. The van der Waals surface area contributed by atoms with Crippen LogP contribution in [-0.4, -0.2) is 34.8 Å². The van der Waals surface area contributed by atoms with Gasteiger partial charge in [0.1, 0.15) is 11.8 Å². The number of carbonyl (C=O) groups is 1. The van der Waals surface area contributed by atoms with Crippen LogP contribution in [-0.2, 0) is 4.74 Å². The van der Waals surface area contributed by atoms with Crippen molar-refractivity contribution in [1.82, 2.24) is 4.90 Å². The lowest BCUT2D eigenvalue weighted by atomic mass is 10.0. The molecule has 4 heteroatoms. The molecule has 0 aliphatic carbocycles. The summed E-state index contributed by atoms with van der Waals surface area (Å²) < 4.78 is 18.7. The molecule has 0 aromatic rings. The summed E-state index contributed by atoms with van der Waals surface area (Å²) in [5, 5.41) is 0. The fraction of sp³-hybridized carbons (Fsp3) is 0.917. The largest absolute Gasteiger partial charge is 0.444 e. The molecular formula is C12H20FNO2. The Balaban J connectivity index is 2.03. The van der Waals surface area contributed by atoms with Crippen molar-refractivity contribution < 1.29 is 13.9 Å². The van der Waals surface area contributed by atoms with Gasteiger partial charge in [0.2, 0.25) is 0 Å². The average molecular weight is 229 g/mol. The predicted octanol–water partition coefficient (Wildman–Crippen LogP) is 2.89. The van der Waals surface area contributed by atoms with Crippen molar-refractivity contribution in [3.05, 3.63) is 0 Å². The molecule has 1 amide bonds. The zero-order chi connectivity index (χ0) is 11.9. The normalized spacial score (nSPS) is 34.0. The van der Waals surface area contributed by atoms with E-state index in [1.165, 1.54) is 0 Å². The number of alkyl halides is 1. The summed E-state index contributed by atoms with van der Waals surface area (Å²) in [6.45, 7) is 5.57. The van der Waals surface area contributed by atoms with Crippen molar-refractivity contribution >= 4 is 6.09 Å². The fourth-order valence-electron chi connectivity index (χ4n) is 2.72. The highest BCUT2D eigenvalue weighted by Gasteiger charge is 2.44. The highest BCUT2D eigenvalue weighted by molar-refractivity contribution is 5.69. The van der Waals surface area contributed by atoms with Gasteiger partial charge in [-0.3, -0.25) is 0 Å². The molecule has 92 valence electrons. The van der Waals surface area contributed by atoms with Crippen molar-refractivity contribution in [2.75, 3.05) is 0 Å². The van der Waals surface area contributed by atoms with Crippen LogP contribution < -0.4 is 0 Å². The van der Waals surface area contributed by atoms with Gasteiger partial charge in [0.05, 0.1) is 0 Å². The Bertz CT molecular complexity index is 273. The van der Waals surface area contributed by atoms with Gasteiger partial charge >= 0.3 is 6.09 Å². The third-order valence-corrected chi connectivity index (χ3v) is 3.28. The van der Waals surface area contributed by atoms with Gasteiger partial charge in [-0.25, -0.2) is 9.18 Å². The minimum atomic E-state index is -0.740. The number of fused-ring (bicyclic) bond motifs is 2. The number of nitrogens with zero attached hydrogens (tertiary/aromatic N) is 1. The lowest BCUT2D eigenvalue weighted by Crippen LogP contribution is -2.49. The van der Waals surface area contributed by atoms with E-state index in [-0.39, 0.29) is 18.2 Å². The standard InChI is InChI=1S/C12H20FNO2/c1-12(2,3)16-11(15)14-9-4-5-10(14)7-8(13)6-9/h8-10H,4-7H2,1-3H3. The highest BCUT2D eigenvalue weighted by atomic mass is 19.1. The molecule has 16 heavy (non-hydrogen) atoms. The molecular weight excluding hydrogens is 209 g/mol. The van der Waals surface area contributed by atoms with Crippen LogP contribution in [0.25, 0.3) is 0 Å². The molecule has 0 saturated carbocycles. The molecule has 2 unspecified atom stereocenters. The second kappa shape index (κ2) is 3.90. The van der Waals surface area contributed by atoms with Crippen molar-refractivity contribution in [2.45, 2.75) is 70.3 Å². The molecule has 2 atom stereocenters. The molecule has 0 spiro atoms. The molecule has 2 saturated heterocycles. The number of halogens is 1. The van der Waals surface area contributed by atoms with Crippen LogP contribution in [0.5, 0.6) is 0 Å². The summed E-state index contributed by atoms with van der Waals surface area (Å²) in [6, 6.07) is 0.118. The number of hydrogen-bond acceptors (Lipinski definition) is 2. The van der Waals surface area contributed by atoms with E-state index in [0.29, 0.717) is 12.8 Å². The SMILES string of the molecule is CC(C)(C)OC(=O)N1C2CCC1CC(F)C2. The van der Waals surface area contributed by atoms with Crippen LogP contribution in [0.1, 0.15) is 46.5 Å². The first-order valence-corrected chi connectivity index (χ1v) is 6.02. The second-order valence-electron chi connectivity index (χ2n) is 5.84. The Morgan fingerprint density at radius 2 is 1.75 bits per heavy atom. The van der Waals surface area contributed by atoms with Gasteiger partial charge in [-0.1, -0.05) is 0 Å². The minimum Gasteiger partial charge on any atom is -0.444 e. The van der Waals surface area contributed by atoms with Crippen LogP contribution in [0, 0.1) is 0 Å². The summed E-state index contributed by atoms with van der Waals surface area (Å²) >= 11 is 0. The van der Waals surface area contributed by atoms with E-state index in [2.05, 4.69) is 0 Å². The summed E-state index contributed by atoms with van der Waals surface area (Å²) in [4.78, 5) is 13.7. The van der Waals surface area contributed by atoms with Gasteiger partial charge in [0.25, 0.3) is 0 Å². The van der Waals surface area contributed by atoms with Crippen molar-refractivity contribution in [2.24, 2.45) is 0 Å². The zero-order valence-electron chi connectivity index (χ0n) is 10.2. The summed E-state index contributed by atoms with van der Waals surface area (Å²) in [6.07, 6.45) is 1.79. The monoisotopic (exact) mass is 229 g/mol. The van der Waals surface area contributed by atoms with Gasteiger partial charge < -0.3 is 9.64 Å². The smallest absolute Gasteiger partial charge is 0.410 e. The van der Waals surface area contributed by atoms with E-state index >= 15 is 0 Å². The third-order valence-electron chi connectivity index (χ3n) is 3.28. The number of amides is 1. The molecule has 0 radical (unpaired) electrons. The molecule has 2 rings (SSSR count). The topological polar surface area (TPSA) is 29.5 Å². The summed E-state index contributed by atoms with van der Waals surface area (Å²) in [7, 11) is 0. The van der Waals surface area contributed by atoms with Gasteiger partial charge in [-0.2, -0.15) is 0 Å². The third kappa shape index (κ3) is 2.30. The lowest BCUT2D eigenvalue weighted by molar-refractivity contribution is -0.000483. The molecule has 2 bridgehead atoms. The molecule has 0 aromatic heterocycles. The van der Waals surface area contributed by atoms with Crippen LogP contribution in [0.3, 0.4) is 0 Å². The first kappa shape index (κ1) is 11.7. The Morgan fingerprint density at radius 3 is 2.19 bits per heavy atom. The molecule has 2 fully saturated rings. The Hall–Kier alpha value is -0.800. The second-order valence-corrected chi connectivity index (χ2v) is 5.84. The first-order chi connectivity index (χ1) is 7.37. The summed E-state index contributed by atoms with van der Waals surface area (Å²) in [5.74, 6) is 0. The zero-order valence-corrected chi connectivity index (χ0v) is 10.2. The van der Waals surface area contributed by atoms with E-state index in [1.54, 1.807) is 4.90 Å². The molecule has 0 N–H and O–H groups in total. The number of ether oxygens (including phenoxy) is 1. The molecule has 2 aliphatic heterocycles. The van der Waals surface area contributed by atoms with Gasteiger partial charge in [-0.05, 0) is 46.5 Å². The predicted molar refractivity (Wildman–Crippen MR) is 59.0 cm³/mol. The van der Waals surface area contributed by atoms with Gasteiger partial charge in [-0.15, -0.1) is 0 Å². The average Bonchev–Trinajstić information content (AvgIpc) is 2.36. The number of piperidine rings is 1. The van der Waals surface area contributed by atoms with E-state index < -0.39 is 11.8 Å².